The number of anilines is 2. The van der Waals surface area contributed by atoms with Crippen LogP contribution >= 0.6 is 0 Å². The summed E-state index contributed by atoms with van der Waals surface area (Å²) in [5.74, 6) is 0. The Bertz CT molecular complexity index is 914. The molecule has 0 saturated carbocycles. The molecule has 6 nitrogen and oxygen atoms in total. The summed E-state index contributed by atoms with van der Waals surface area (Å²) >= 11 is 0. The fourth-order valence-electron chi connectivity index (χ4n) is 4.70. The van der Waals surface area contributed by atoms with E-state index in [1.54, 1.807) is 0 Å². The van der Waals surface area contributed by atoms with Crippen molar-refractivity contribution >= 4 is 23.4 Å². The molecule has 0 atom stereocenters. The molecule has 186 valence electrons. The zero-order valence-electron chi connectivity index (χ0n) is 22.5. The van der Waals surface area contributed by atoms with E-state index < -0.39 is 0 Å². The molecule has 0 fully saturated rings. The van der Waals surface area contributed by atoms with Gasteiger partial charge in [0.05, 0.1) is 11.4 Å². The Morgan fingerprint density at radius 1 is 0.588 bits per heavy atom. The first kappa shape index (κ1) is 27.2. The van der Waals surface area contributed by atoms with Crippen molar-refractivity contribution in [3.8, 4) is 11.1 Å². The second kappa shape index (κ2) is 11.4. The molecule has 34 heavy (non-hydrogen) atoms. The number of hydrogen-bond acceptors (Lipinski definition) is 2. The molecule has 0 unspecified atom stereocenters. The van der Waals surface area contributed by atoms with Crippen molar-refractivity contribution in [1.82, 2.24) is 9.80 Å². The van der Waals surface area contributed by atoms with Crippen LogP contribution in [-0.2, 0) is 0 Å². The number of aryl methyl sites for hydroxylation is 2. The molecule has 0 spiro atoms. The van der Waals surface area contributed by atoms with Gasteiger partial charge in [0.15, 0.2) is 0 Å². The lowest BCUT2D eigenvalue weighted by molar-refractivity contribution is 0.177. The number of urea groups is 2. The van der Waals surface area contributed by atoms with Crippen molar-refractivity contribution in [1.29, 1.82) is 0 Å². The summed E-state index contributed by atoms with van der Waals surface area (Å²) in [5, 5.41) is 6.29. The maximum absolute atomic E-state index is 13.2. The van der Waals surface area contributed by atoms with Gasteiger partial charge in [0, 0.05) is 35.3 Å². The molecule has 2 rings (SSSR count). The smallest absolute Gasteiger partial charge is 0.320 e. The van der Waals surface area contributed by atoms with Gasteiger partial charge >= 0.3 is 12.1 Å². The summed E-state index contributed by atoms with van der Waals surface area (Å²) < 4.78 is 0. The van der Waals surface area contributed by atoms with Gasteiger partial charge in [-0.1, -0.05) is 24.3 Å². The number of rotatable bonds is 7. The molecule has 2 aromatic carbocycles. The maximum Gasteiger partial charge on any atom is 0.322 e. The molecule has 6 heteroatoms. The van der Waals surface area contributed by atoms with E-state index in [4.69, 9.17) is 0 Å². The van der Waals surface area contributed by atoms with Crippen LogP contribution in [0.3, 0.4) is 0 Å². The summed E-state index contributed by atoms with van der Waals surface area (Å²) in [6.07, 6.45) is 0. The Balaban J connectivity index is 2.57. The minimum Gasteiger partial charge on any atom is -0.320 e. The third kappa shape index (κ3) is 6.10. The van der Waals surface area contributed by atoms with Crippen LogP contribution in [0.1, 0.15) is 66.5 Å². The summed E-state index contributed by atoms with van der Waals surface area (Å²) in [6, 6.07) is 11.8. The third-order valence-corrected chi connectivity index (χ3v) is 5.97. The van der Waals surface area contributed by atoms with Gasteiger partial charge in [-0.15, -0.1) is 0 Å². The first-order valence-electron chi connectivity index (χ1n) is 12.2. The lowest BCUT2D eigenvalue weighted by Gasteiger charge is -2.32. The zero-order chi connectivity index (χ0) is 25.7. The van der Waals surface area contributed by atoms with Crippen LogP contribution in [0.5, 0.6) is 0 Å². The topological polar surface area (TPSA) is 64.7 Å². The van der Waals surface area contributed by atoms with Gasteiger partial charge in [0.25, 0.3) is 0 Å². The lowest BCUT2D eigenvalue weighted by atomic mass is 9.93. The van der Waals surface area contributed by atoms with Crippen molar-refractivity contribution in [2.75, 3.05) is 10.6 Å². The molecule has 0 aliphatic rings. The molecular formula is C28H42N4O2. The SMILES string of the molecule is Cc1cccc(NC(=O)N(C(C)C)C(C)C)c1-c1c(C)cccc1NC(=O)N(C(C)C)C(C)C. The number of amides is 4. The summed E-state index contributed by atoms with van der Waals surface area (Å²) in [7, 11) is 0. The Labute approximate surface area is 205 Å². The van der Waals surface area contributed by atoms with Gasteiger partial charge in [-0.05, 0) is 92.5 Å². The van der Waals surface area contributed by atoms with E-state index in [9.17, 15) is 9.59 Å². The van der Waals surface area contributed by atoms with Crippen LogP contribution in [0.2, 0.25) is 0 Å². The van der Waals surface area contributed by atoms with E-state index >= 15 is 0 Å². The second-order valence-electron chi connectivity index (χ2n) is 10.0. The van der Waals surface area contributed by atoms with Crippen molar-refractivity contribution in [3.63, 3.8) is 0 Å². The number of hydrogen-bond donors (Lipinski definition) is 2. The van der Waals surface area contributed by atoms with Gasteiger partial charge in [0.1, 0.15) is 0 Å². The Hall–Kier alpha value is -3.02. The highest BCUT2D eigenvalue weighted by Crippen LogP contribution is 2.39. The zero-order valence-corrected chi connectivity index (χ0v) is 22.5. The van der Waals surface area contributed by atoms with Gasteiger partial charge < -0.3 is 20.4 Å². The molecule has 0 aliphatic heterocycles. The van der Waals surface area contributed by atoms with Crippen molar-refractivity contribution < 1.29 is 9.59 Å². The Kier molecular flexibility index (Phi) is 9.14. The van der Waals surface area contributed by atoms with Crippen LogP contribution in [-0.4, -0.2) is 46.0 Å². The lowest BCUT2D eigenvalue weighted by Crippen LogP contribution is -2.44. The fourth-order valence-corrected chi connectivity index (χ4v) is 4.70. The summed E-state index contributed by atoms with van der Waals surface area (Å²) in [6.45, 7) is 20.2. The van der Waals surface area contributed by atoms with Crippen LogP contribution in [0, 0.1) is 13.8 Å². The minimum absolute atomic E-state index is 0.0691. The number of nitrogens with one attached hydrogen (secondary N) is 2. The highest BCUT2D eigenvalue weighted by molar-refractivity contribution is 6.01. The van der Waals surface area contributed by atoms with Crippen molar-refractivity contribution in [3.05, 3.63) is 47.5 Å². The molecular weight excluding hydrogens is 424 g/mol. The largest absolute Gasteiger partial charge is 0.322 e. The third-order valence-electron chi connectivity index (χ3n) is 5.97. The van der Waals surface area contributed by atoms with Crippen LogP contribution < -0.4 is 10.6 Å². The normalized spacial score (nSPS) is 11.4. The van der Waals surface area contributed by atoms with E-state index in [-0.39, 0.29) is 36.2 Å². The van der Waals surface area contributed by atoms with Crippen LogP contribution in [0.4, 0.5) is 21.0 Å². The molecule has 2 aromatic rings. The fraction of sp³-hybridized carbons (Fsp3) is 0.500. The molecule has 0 aliphatic carbocycles. The monoisotopic (exact) mass is 466 g/mol. The van der Waals surface area contributed by atoms with Crippen LogP contribution in [0.15, 0.2) is 36.4 Å². The van der Waals surface area contributed by atoms with E-state index in [2.05, 4.69) is 10.6 Å². The predicted molar refractivity (Wildman–Crippen MR) is 144 cm³/mol. The predicted octanol–water partition coefficient (Wildman–Crippen LogP) is 7.27. The van der Waals surface area contributed by atoms with Crippen molar-refractivity contribution in [2.45, 2.75) is 93.4 Å². The summed E-state index contributed by atoms with van der Waals surface area (Å²) in [5.41, 5.74) is 5.33. The molecule has 0 bridgehead atoms. The number of nitrogens with zero attached hydrogens (tertiary/aromatic N) is 2. The number of carbonyl (C=O) groups excluding carboxylic acids is 2. The average Bonchev–Trinajstić information content (AvgIpc) is 2.68. The minimum atomic E-state index is -0.137. The van der Waals surface area contributed by atoms with E-state index in [1.807, 2.05) is 115 Å². The first-order chi connectivity index (χ1) is 15.9. The summed E-state index contributed by atoms with van der Waals surface area (Å²) in [4.78, 5) is 30.1. The molecule has 2 N–H and O–H groups in total. The maximum atomic E-state index is 13.2. The first-order valence-corrected chi connectivity index (χ1v) is 12.2. The molecule has 0 radical (unpaired) electrons. The van der Waals surface area contributed by atoms with Gasteiger partial charge in [-0.2, -0.15) is 0 Å². The Morgan fingerprint density at radius 3 is 1.15 bits per heavy atom. The molecule has 4 amide bonds. The van der Waals surface area contributed by atoms with E-state index in [1.165, 1.54) is 0 Å². The molecule has 0 aromatic heterocycles. The standard InChI is InChI=1S/C28H42N4O2/c1-17(2)31(18(3)4)27(33)29-23-15-11-13-21(9)25(23)26-22(10)14-12-16-24(26)30-28(34)32(19(5)6)20(7)8/h11-20H,1-10H3,(H,29,33)(H,30,34). The molecule has 0 saturated heterocycles. The van der Waals surface area contributed by atoms with Crippen molar-refractivity contribution in [2.24, 2.45) is 0 Å². The second-order valence-corrected chi connectivity index (χ2v) is 10.0. The number of benzene rings is 2. The highest BCUT2D eigenvalue weighted by Gasteiger charge is 2.25. The quantitative estimate of drug-likeness (QED) is 0.450. The molecule has 0 heterocycles. The van der Waals surface area contributed by atoms with Gasteiger partial charge in [-0.3, -0.25) is 0 Å². The van der Waals surface area contributed by atoms with Crippen LogP contribution in [0.25, 0.3) is 11.1 Å². The van der Waals surface area contributed by atoms with E-state index in [0.717, 1.165) is 33.6 Å². The number of carbonyl (C=O) groups is 2. The van der Waals surface area contributed by atoms with Gasteiger partial charge in [-0.25, -0.2) is 9.59 Å². The highest BCUT2D eigenvalue weighted by atomic mass is 16.2. The van der Waals surface area contributed by atoms with Gasteiger partial charge in [0.2, 0.25) is 0 Å². The average molecular weight is 467 g/mol. The Morgan fingerprint density at radius 2 is 0.882 bits per heavy atom. The van der Waals surface area contributed by atoms with E-state index in [0.29, 0.717) is 0 Å².